The second-order valence-electron chi connectivity index (χ2n) is 0.527. The van der Waals surface area contributed by atoms with Crippen LogP contribution < -0.4 is 0 Å². The van der Waals surface area contributed by atoms with Crippen molar-refractivity contribution in [3.8, 4) is 0 Å². The van der Waals surface area contributed by atoms with Crippen molar-refractivity contribution in [3.05, 3.63) is 0 Å². The Balaban J connectivity index is 0. The highest BCUT2D eigenvalue weighted by Gasteiger charge is 1.83. The van der Waals surface area contributed by atoms with Gasteiger partial charge in [0, 0.05) is 0 Å². The number of alkyl halides is 1. The molecule has 0 saturated heterocycles. The topological polar surface area (TPSA) is 37.3 Å². The SMILES string of the molecule is F.O=C(O)CBr. The standard InChI is InChI=1S/C2H3BrO2.FH/c3-1-2(4)5;/h1H2,(H,4,5);1H. The summed E-state index contributed by atoms with van der Waals surface area (Å²) >= 11 is 2.71. The normalized spacial score (nSPS) is 6.17. The Bertz CT molecular complexity index is 46.8. The molecule has 0 spiro atoms. The molecule has 0 unspecified atom stereocenters. The Hall–Kier alpha value is -0.120. The number of halogens is 2. The lowest BCUT2D eigenvalue weighted by atomic mass is 10.8. The van der Waals surface area contributed by atoms with Gasteiger partial charge in [0.15, 0.2) is 0 Å². The van der Waals surface area contributed by atoms with Crippen LogP contribution in [0.25, 0.3) is 0 Å². The van der Waals surface area contributed by atoms with Crippen molar-refractivity contribution < 1.29 is 14.6 Å². The molecule has 0 radical (unpaired) electrons. The maximum absolute atomic E-state index is 9.32. The number of rotatable bonds is 1. The summed E-state index contributed by atoms with van der Waals surface area (Å²) in [6.45, 7) is 0. The van der Waals surface area contributed by atoms with E-state index in [1.54, 1.807) is 0 Å². The summed E-state index contributed by atoms with van der Waals surface area (Å²) in [4.78, 5) is 9.32. The van der Waals surface area contributed by atoms with Gasteiger partial charge in [-0.2, -0.15) is 0 Å². The minimum atomic E-state index is -0.829. The van der Waals surface area contributed by atoms with Gasteiger partial charge in [-0.05, 0) is 0 Å². The van der Waals surface area contributed by atoms with Crippen LogP contribution in [0.15, 0.2) is 0 Å². The average molecular weight is 159 g/mol. The highest BCUT2D eigenvalue weighted by molar-refractivity contribution is 9.09. The molecule has 0 aliphatic rings. The van der Waals surface area contributed by atoms with E-state index in [0.717, 1.165) is 0 Å². The van der Waals surface area contributed by atoms with Crippen LogP contribution in [0.5, 0.6) is 0 Å². The van der Waals surface area contributed by atoms with Crippen molar-refractivity contribution in [2.24, 2.45) is 0 Å². The highest BCUT2D eigenvalue weighted by Crippen LogP contribution is 1.73. The highest BCUT2D eigenvalue weighted by atomic mass is 79.9. The molecule has 0 aliphatic heterocycles. The minimum Gasteiger partial charge on any atom is -0.481 e. The quantitative estimate of drug-likeness (QED) is 0.569. The smallest absolute Gasteiger partial charge is 0.314 e. The summed E-state index contributed by atoms with van der Waals surface area (Å²) in [5, 5.41) is 7.71. The first-order valence-electron chi connectivity index (χ1n) is 1.05. The third-order valence-corrected chi connectivity index (χ3v) is 0.594. The number of carboxylic acids is 1. The number of hydrogen-bond acceptors (Lipinski definition) is 1. The number of aliphatic carboxylic acids is 1. The van der Waals surface area contributed by atoms with Crippen LogP contribution in [0.4, 0.5) is 4.70 Å². The van der Waals surface area contributed by atoms with E-state index in [0.29, 0.717) is 0 Å². The number of carboxylic acid groups (broad SMARTS) is 1. The first-order chi connectivity index (χ1) is 2.27. The summed E-state index contributed by atoms with van der Waals surface area (Å²) < 4.78 is 0. The third kappa shape index (κ3) is 9.11. The maximum Gasteiger partial charge on any atom is 0.314 e. The molecule has 6 heavy (non-hydrogen) atoms. The van der Waals surface area contributed by atoms with Crippen LogP contribution in [-0.2, 0) is 4.79 Å². The van der Waals surface area contributed by atoms with Gasteiger partial charge in [-0.1, -0.05) is 15.9 Å². The van der Waals surface area contributed by atoms with E-state index < -0.39 is 5.97 Å². The molecule has 1 N–H and O–H groups in total. The molecule has 0 aromatic rings. The van der Waals surface area contributed by atoms with Crippen LogP contribution in [0.3, 0.4) is 0 Å². The van der Waals surface area contributed by atoms with Crippen LogP contribution in [0.2, 0.25) is 0 Å². The fraction of sp³-hybridized carbons (Fsp3) is 0.500. The van der Waals surface area contributed by atoms with Crippen molar-refractivity contribution in [2.45, 2.75) is 0 Å². The fourth-order valence-corrected chi connectivity index (χ4v) is 0. The molecule has 0 aliphatic carbocycles. The maximum atomic E-state index is 9.32. The molecular weight excluding hydrogens is 155 g/mol. The minimum absolute atomic E-state index is 0. The van der Waals surface area contributed by atoms with Crippen molar-refractivity contribution >= 4 is 21.9 Å². The average Bonchev–Trinajstić information content (AvgIpc) is 1.38. The number of carbonyl (C=O) groups is 1. The molecule has 2 nitrogen and oxygen atoms in total. The van der Waals surface area contributed by atoms with Crippen molar-refractivity contribution in [1.82, 2.24) is 0 Å². The van der Waals surface area contributed by atoms with Crippen molar-refractivity contribution in [3.63, 3.8) is 0 Å². The molecule has 0 rings (SSSR count). The molecule has 38 valence electrons. The molecule has 0 fully saturated rings. The van der Waals surface area contributed by atoms with Crippen LogP contribution in [0, 0.1) is 0 Å². The van der Waals surface area contributed by atoms with Crippen molar-refractivity contribution in [2.75, 3.05) is 5.33 Å². The van der Waals surface area contributed by atoms with Gasteiger partial charge >= 0.3 is 5.97 Å². The largest absolute Gasteiger partial charge is 0.481 e. The molecule has 0 aromatic heterocycles. The van der Waals surface area contributed by atoms with Crippen LogP contribution >= 0.6 is 15.9 Å². The zero-order chi connectivity index (χ0) is 4.28. The summed E-state index contributed by atoms with van der Waals surface area (Å²) in [6, 6.07) is 0. The number of hydrogen-bond donors (Lipinski definition) is 1. The summed E-state index contributed by atoms with van der Waals surface area (Å²) in [5.41, 5.74) is 0. The molecule has 4 heteroatoms. The van der Waals surface area contributed by atoms with Crippen LogP contribution in [0.1, 0.15) is 0 Å². The third-order valence-electron chi connectivity index (χ3n) is 0.114. The van der Waals surface area contributed by atoms with Gasteiger partial charge in [0.2, 0.25) is 0 Å². The first-order valence-corrected chi connectivity index (χ1v) is 2.17. The fourth-order valence-electron chi connectivity index (χ4n) is 0. The van der Waals surface area contributed by atoms with E-state index >= 15 is 0 Å². The van der Waals surface area contributed by atoms with Gasteiger partial charge in [0.25, 0.3) is 0 Å². The Morgan fingerprint density at radius 1 is 1.83 bits per heavy atom. The Morgan fingerprint density at radius 2 is 2.00 bits per heavy atom. The zero-order valence-electron chi connectivity index (χ0n) is 2.85. The van der Waals surface area contributed by atoms with E-state index in [2.05, 4.69) is 15.9 Å². The van der Waals surface area contributed by atoms with E-state index in [1.807, 2.05) is 0 Å². The summed E-state index contributed by atoms with van der Waals surface area (Å²) in [5.74, 6) is -0.829. The van der Waals surface area contributed by atoms with Gasteiger partial charge in [-0.15, -0.1) is 0 Å². The van der Waals surface area contributed by atoms with E-state index in [9.17, 15) is 4.79 Å². The lowest BCUT2D eigenvalue weighted by Crippen LogP contribution is -1.92. The Morgan fingerprint density at radius 3 is 2.00 bits per heavy atom. The summed E-state index contributed by atoms with van der Waals surface area (Å²) in [6.07, 6.45) is 0. The van der Waals surface area contributed by atoms with Gasteiger partial charge in [-0.25, -0.2) is 0 Å². The predicted molar refractivity (Wildman–Crippen MR) is 23.9 cm³/mol. The predicted octanol–water partition coefficient (Wildman–Crippen LogP) is 0.618. The van der Waals surface area contributed by atoms with Gasteiger partial charge < -0.3 is 5.11 Å². The molecular formula is C2H4BrFO2. The van der Waals surface area contributed by atoms with Gasteiger partial charge in [0.1, 0.15) is 5.33 Å². The Labute approximate surface area is 42.7 Å². The molecule has 0 amide bonds. The second-order valence-corrected chi connectivity index (χ2v) is 1.09. The zero-order valence-corrected chi connectivity index (χ0v) is 4.43. The second kappa shape index (κ2) is 4.88. The monoisotopic (exact) mass is 158 g/mol. The van der Waals surface area contributed by atoms with Gasteiger partial charge in [-0.3, -0.25) is 9.50 Å². The van der Waals surface area contributed by atoms with E-state index in [1.165, 1.54) is 0 Å². The lowest BCUT2D eigenvalue weighted by Gasteiger charge is -1.70. The first kappa shape index (κ1) is 9.30. The van der Waals surface area contributed by atoms with E-state index in [4.69, 9.17) is 5.11 Å². The molecule has 0 heterocycles. The van der Waals surface area contributed by atoms with E-state index in [-0.39, 0.29) is 10.0 Å². The molecule has 0 saturated carbocycles. The molecule has 0 aromatic carbocycles. The molecule has 0 bridgehead atoms. The lowest BCUT2D eigenvalue weighted by molar-refractivity contribution is -0.133. The van der Waals surface area contributed by atoms with Gasteiger partial charge in [0.05, 0.1) is 0 Å². The Kier molecular flexibility index (Phi) is 7.57. The van der Waals surface area contributed by atoms with Crippen molar-refractivity contribution in [1.29, 1.82) is 0 Å². The molecule has 0 atom stereocenters. The van der Waals surface area contributed by atoms with Crippen LogP contribution in [-0.4, -0.2) is 16.4 Å². The summed E-state index contributed by atoms with van der Waals surface area (Å²) in [7, 11) is 0.